The number of furan rings is 1. The number of carbonyl (C=O) groups excluding carboxylic acids is 1. The summed E-state index contributed by atoms with van der Waals surface area (Å²) < 4.78 is 5.25. The first-order valence-electron chi connectivity index (χ1n) is 8.65. The highest BCUT2D eigenvalue weighted by Gasteiger charge is 2.15. The van der Waals surface area contributed by atoms with Gasteiger partial charge in [-0.15, -0.1) is 11.3 Å². The zero-order chi connectivity index (χ0) is 17.9. The number of fused-ring (bicyclic) bond motifs is 1. The monoisotopic (exact) mass is 364 g/mol. The van der Waals surface area contributed by atoms with Crippen LogP contribution in [-0.2, 0) is 17.8 Å². The Labute approximate surface area is 155 Å². The van der Waals surface area contributed by atoms with Crippen molar-refractivity contribution in [2.24, 2.45) is 0 Å². The number of aryl methyl sites for hydroxylation is 2. The average molecular weight is 364 g/mol. The van der Waals surface area contributed by atoms with Crippen molar-refractivity contribution in [3.8, 4) is 10.6 Å². The predicted molar refractivity (Wildman–Crippen MR) is 105 cm³/mol. The lowest BCUT2D eigenvalue weighted by Crippen LogP contribution is -2.22. The predicted octanol–water partition coefficient (Wildman–Crippen LogP) is 5.05. The van der Waals surface area contributed by atoms with Crippen LogP contribution in [0.2, 0.25) is 0 Å². The number of hydrogen-bond donors (Lipinski definition) is 2. The second-order valence-corrected chi connectivity index (χ2v) is 7.31. The maximum absolute atomic E-state index is 12.3. The highest BCUT2D eigenvalue weighted by Crippen LogP contribution is 2.34. The molecular weight excluding hydrogens is 344 g/mol. The molecule has 0 fully saturated rings. The standard InChI is InChI=1S/C21H20N2O2S/c1-14-6-8-18-17(12-14)16(21(23-18)19-5-3-11-26-19)7-9-20(24)22-13-15-4-2-10-25-15/h2-6,8,10-12,23H,7,9,13H2,1H3,(H,22,24). The molecule has 0 unspecified atom stereocenters. The number of nitrogens with one attached hydrogen (secondary N) is 2. The summed E-state index contributed by atoms with van der Waals surface area (Å²) in [5.41, 5.74) is 4.67. The van der Waals surface area contributed by atoms with E-state index in [1.165, 1.54) is 21.4 Å². The molecule has 0 saturated heterocycles. The van der Waals surface area contributed by atoms with Crippen molar-refractivity contribution in [2.75, 3.05) is 0 Å². The highest BCUT2D eigenvalue weighted by molar-refractivity contribution is 7.13. The Bertz CT molecular complexity index is 1010. The second-order valence-electron chi connectivity index (χ2n) is 6.36. The molecule has 132 valence electrons. The summed E-state index contributed by atoms with van der Waals surface area (Å²) in [5, 5.41) is 6.20. The van der Waals surface area contributed by atoms with Crippen LogP contribution in [0.1, 0.15) is 23.3 Å². The fourth-order valence-corrected chi connectivity index (χ4v) is 3.93. The van der Waals surface area contributed by atoms with E-state index in [9.17, 15) is 4.79 Å². The fourth-order valence-electron chi connectivity index (χ4n) is 3.18. The van der Waals surface area contributed by atoms with Crippen molar-refractivity contribution in [2.45, 2.75) is 26.3 Å². The van der Waals surface area contributed by atoms with Gasteiger partial charge in [0.1, 0.15) is 5.76 Å². The molecule has 0 radical (unpaired) electrons. The Morgan fingerprint density at radius 3 is 2.92 bits per heavy atom. The van der Waals surface area contributed by atoms with E-state index in [0.29, 0.717) is 19.4 Å². The van der Waals surface area contributed by atoms with Crippen molar-refractivity contribution < 1.29 is 9.21 Å². The summed E-state index contributed by atoms with van der Waals surface area (Å²) in [7, 11) is 0. The Hall–Kier alpha value is -2.79. The topological polar surface area (TPSA) is 58.0 Å². The third-order valence-electron chi connectivity index (χ3n) is 4.47. The number of H-pyrrole nitrogens is 1. The van der Waals surface area contributed by atoms with Crippen molar-refractivity contribution in [1.82, 2.24) is 10.3 Å². The number of hydrogen-bond acceptors (Lipinski definition) is 3. The van der Waals surface area contributed by atoms with E-state index >= 15 is 0 Å². The molecule has 0 atom stereocenters. The third kappa shape index (κ3) is 3.44. The van der Waals surface area contributed by atoms with Crippen LogP contribution in [0.5, 0.6) is 0 Å². The fraction of sp³-hybridized carbons (Fsp3) is 0.190. The molecule has 3 heterocycles. The smallest absolute Gasteiger partial charge is 0.220 e. The molecule has 0 aliphatic heterocycles. The number of carbonyl (C=O) groups is 1. The number of aromatic amines is 1. The summed E-state index contributed by atoms with van der Waals surface area (Å²) in [6.07, 6.45) is 2.75. The van der Waals surface area contributed by atoms with Crippen LogP contribution in [0, 0.1) is 6.92 Å². The van der Waals surface area contributed by atoms with Gasteiger partial charge in [0, 0.05) is 17.3 Å². The lowest BCUT2D eigenvalue weighted by Gasteiger charge is -2.05. The Kier molecular flexibility index (Phi) is 4.63. The van der Waals surface area contributed by atoms with E-state index in [-0.39, 0.29) is 5.91 Å². The van der Waals surface area contributed by atoms with Crippen LogP contribution in [-0.4, -0.2) is 10.9 Å². The molecule has 1 amide bonds. The normalized spacial score (nSPS) is 11.1. The summed E-state index contributed by atoms with van der Waals surface area (Å²) in [4.78, 5) is 17.0. The van der Waals surface area contributed by atoms with Crippen molar-refractivity contribution in [3.63, 3.8) is 0 Å². The molecule has 2 N–H and O–H groups in total. The Morgan fingerprint density at radius 2 is 2.15 bits per heavy atom. The zero-order valence-corrected chi connectivity index (χ0v) is 15.4. The van der Waals surface area contributed by atoms with Gasteiger partial charge < -0.3 is 14.7 Å². The van der Waals surface area contributed by atoms with Gasteiger partial charge in [0.2, 0.25) is 5.91 Å². The molecule has 4 aromatic rings. The van der Waals surface area contributed by atoms with Gasteiger partial charge in [-0.2, -0.15) is 0 Å². The van der Waals surface area contributed by atoms with Gasteiger partial charge in [0.25, 0.3) is 0 Å². The quantitative estimate of drug-likeness (QED) is 0.503. The highest BCUT2D eigenvalue weighted by atomic mass is 32.1. The zero-order valence-electron chi connectivity index (χ0n) is 14.5. The lowest BCUT2D eigenvalue weighted by molar-refractivity contribution is -0.121. The summed E-state index contributed by atoms with van der Waals surface area (Å²) >= 11 is 1.71. The molecule has 3 aromatic heterocycles. The molecule has 0 saturated carbocycles. The summed E-state index contributed by atoms with van der Waals surface area (Å²) in [6.45, 7) is 2.52. The first kappa shape index (κ1) is 16.7. The minimum atomic E-state index is 0.0283. The average Bonchev–Trinajstić information content (AvgIpc) is 3.38. The number of thiophene rings is 1. The Morgan fingerprint density at radius 1 is 1.23 bits per heavy atom. The maximum Gasteiger partial charge on any atom is 0.220 e. The van der Waals surface area contributed by atoms with E-state index < -0.39 is 0 Å². The van der Waals surface area contributed by atoms with Crippen molar-refractivity contribution >= 4 is 28.1 Å². The number of aromatic nitrogens is 1. The van der Waals surface area contributed by atoms with Gasteiger partial charge in [-0.1, -0.05) is 17.7 Å². The van der Waals surface area contributed by atoms with Crippen molar-refractivity contribution in [3.05, 3.63) is 71.0 Å². The van der Waals surface area contributed by atoms with Gasteiger partial charge >= 0.3 is 0 Å². The number of rotatable bonds is 6. The largest absolute Gasteiger partial charge is 0.467 e. The van der Waals surface area contributed by atoms with E-state index in [0.717, 1.165) is 17.0 Å². The molecule has 26 heavy (non-hydrogen) atoms. The SMILES string of the molecule is Cc1ccc2[nH]c(-c3cccs3)c(CCC(=O)NCc3ccco3)c2c1. The number of amides is 1. The first-order valence-corrected chi connectivity index (χ1v) is 9.53. The van der Waals surface area contributed by atoms with Crippen LogP contribution < -0.4 is 5.32 Å². The molecule has 5 heteroatoms. The van der Waals surface area contributed by atoms with Gasteiger partial charge in [-0.25, -0.2) is 0 Å². The number of benzene rings is 1. The van der Waals surface area contributed by atoms with Crippen LogP contribution in [0.4, 0.5) is 0 Å². The molecule has 0 aliphatic rings. The first-order chi connectivity index (χ1) is 12.7. The molecule has 4 nitrogen and oxygen atoms in total. The van der Waals surface area contributed by atoms with Crippen LogP contribution >= 0.6 is 11.3 Å². The third-order valence-corrected chi connectivity index (χ3v) is 5.36. The van der Waals surface area contributed by atoms with E-state index in [2.05, 4.69) is 52.9 Å². The van der Waals surface area contributed by atoms with Gasteiger partial charge in [-0.05, 0) is 54.6 Å². The van der Waals surface area contributed by atoms with E-state index in [1.807, 2.05) is 12.1 Å². The van der Waals surface area contributed by atoms with Gasteiger partial charge in [0.05, 0.1) is 23.4 Å². The molecule has 0 spiro atoms. The van der Waals surface area contributed by atoms with Crippen LogP contribution in [0.15, 0.2) is 58.5 Å². The van der Waals surface area contributed by atoms with E-state index in [1.54, 1.807) is 17.6 Å². The summed E-state index contributed by atoms with van der Waals surface area (Å²) in [5.74, 6) is 0.792. The second kappa shape index (κ2) is 7.22. The Balaban J connectivity index is 1.55. The lowest BCUT2D eigenvalue weighted by atomic mass is 10.0. The molecule has 4 rings (SSSR count). The maximum atomic E-state index is 12.3. The molecule has 0 aliphatic carbocycles. The minimum Gasteiger partial charge on any atom is -0.467 e. The van der Waals surface area contributed by atoms with Crippen LogP contribution in [0.25, 0.3) is 21.5 Å². The molecule has 1 aromatic carbocycles. The van der Waals surface area contributed by atoms with Gasteiger partial charge in [-0.3, -0.25) is 4.79 Å². The minimum absolute atomic E-state index is 0.0283. The summed E-state index contributed by atoms with van der Waals surface area (Å²) in [6, 6.07) is 14.3. The molecular formula is C21H20N2O2S. The van der Waals surface area contributed by atoms with Gasteiger partial charge in [0.15, 0.2) is 0 Å². The van der Waals surface area contributed by atoms with Crippen molar-refractivity contribution in [1.29, 1.82) is 0 Å². The van der Waals surface area contributed by atoms with Crippen LogP contribution in [0.3, 0.4) is 0 Å². The van der Waals surface area contributed by atoms with E-state index in [4.69, 9.17) is 4.42 Å². The molecule has 0 bridgehead atoms.